The summed E-state index contributed by atoms with van der Waals surface area (Å²) in [7, 11) is 0. The molecule has 0 aromatic carbocycles. The van der Waals surface area contributed by atoms with Crippen LogP contribution in [-0.2, 0) is 14.3 Å². The van der Waals surface area contributed by atoms with Crippen molar-refractivity contribution in [1.82, 2.24) is 0 Å². The Morgan fingerprint density at radius 1 is 0.789 bits per heavy atom. The molecule has 0 aliphatic rings. The summed E-state index contributed by atoms with van der Waals surface area (Å²) in [6.07, 6.45) is 8.03. The quantitative estimate of drug-likeness (QED) is 0.398. The fourth-order valence-electron chi connectivity index (χ4n) is 1.75. The number of rotatable bonds is 13. The van der Waals surface area contributed by atoms with Crippen LogP contribution in [-0.4, -0.2) is 35.4 Å². The van der Waals surface area contributed by atoms with E-state index in [4.69, 9.17) is 14.9 Å². The molecule has 0 aliphatic carbocycles. The summed E-state index contributed by atoms with van der Waals surface area (Å²) in [4.78, 5) is 21.5. The largest absolute Gasteiger partial charge is 0.481 e. The van der Waals surface area contributed by atoms with Gasteiger partial charge in [0.15, 0.2) is 0 Å². The molecule has 0 heterocycles. The number of aliphatic hydroxyl groups excluding tert-OH is 1. The van der Waals surface area contributed by atoms with Gasteiger partial charge in [-0.25, -0.2) is 0 Å². The van der Waals surface area contributed by atoms with E-state index in [0.717, 1.165) is 44.9 Å². The maximum atomic E-state index is 11.2. The van der Waals surface area contributed by atoms with Gasteiger partial charge >= 0.3 is 11.9 Å². The molecule has 0 bridgehead atoms. The summed E-state index contributed by atoms with van der Waals surface area (Å²) in [6, 6.07) is 0. The van der Waals surface area contributed by atoms with E-state index in [-0.39, 0.29) is 19.0 Å². The minimum absolute atomic E-state index is 0.0508. The number of esters is 1. The third kappa shape index (κ3) is 14.8. The summed E-state index contributed by atoms with van der Waals surface area (Å²) in [5.74, 6) is -0.908. The molecule has 0 aromatic heterocycles. The number of hydrogen-bond donors (Lipinski definition) is 2. The molecule has 112 valence electrons. The maximum absolute atomic E-state index is 11.2. The van der Waals surface area contributed by atoms with Gasteiger partial charge in [0, 0.05) is 25.9 Å². The van der Waals surface area contributed by atoms with Crippen LogP contribution in [0.2, 0.25) is 0 Å². The number of hydrogen-bond acceptors (Lipinski definition) is 4. The van der Waals surface area contributed by atoms with Crippen molar-refractivity contribution in [3.63, 3.8) is 0 Å². The average molecular weight is 274 g/mol. The Kier molecular flexibility index (Phi) is 12.6. The Morgan fingerprint density at radius 3 is 1.84 bits per heavy atom. The van der Waals surface area contributed by atoms with Gasteiger partial charge in [-0.2, -0.15) is 0 Å². The molecule has 0 atom stereocenters. The van der Waals surface area contributed by atoms with Crippen LogP contribution in [0.4, 0.5) is 0 Å². The molecular weight excluding hydrogens is 248 g/mol. The van der Waals surface area contributed by atoms with E-state index in [9.17, 15) is 9.59 Å². The molecule has 0 aliphatic heterocycles. The highest BCUT2D eigenvalue weighted by atomic mass is 16.5. The SMILES string of the molecule is O=C(O)CCCCCCCCCC(=O)OCCCO. The fraction of sp³-hybridized carbons (Fsp3) is 0.857. The standard InChI is InChI=1S/C14H26O5/c15-11-8-12-19-14(18)10-7-5-3-1-2-4-6-9-13(16)17/h15H,1-12H2,(H,16,17). The number of carboxylic acids is 1. The molecular formula is C14H26O5. The van der Waals surface area contributed by atoms with Crippen molar-refractivity contribution in [3.8, 4) is 0 Å². The Labute approximate surface area is 115 Å². The van der Waals surface area contributed by atoms with Gasteiger partial charge in [0.05, 0.1) is 6.61 Å². The van der Waals surface area contributed by atoms with E-state index in [1.807, 2.05) is 0 Å². The highest BCUT2D eigenvalue weighted by molar-refractivity contribution is 5.69. The van der Waals surface area contributed by atoms with Crippen molar-refractivity contribution in [1.29, 1.82) is 0 Å². The van der Waals surface area contributed by atoms with Gasteiger partial charge in [-0.05, 0) is 12.8 Å². The van der Waals surface area contributed by atoms with E-state index in [2.05, 4.69) is 0 Å². The summed E-state index contributed by atoms with van der Waals surface area (Å²) in [5.41, 5.74) is 0. The Balaban J connectivity index is 3.13. The van der Waals surface area contributed by atoms with Gasteiger partial charge < -0.3 is 14.9 Å². The average Bonchev–Trinajstić information content (AvgIpc) is 2.36. The zero-order valence-corrected chi connectivity index (χ0v) is 11.6. The molecule has 2 N–H and O–H groups in total. The Bertz CT molecular complexity index is 240. The van der Waals surface area contributed by atoms with Crippen LogP contribution in [0, 0.1) is 0 Å². The van der Waals surface area contributed by atoms with Crippen molar-refractivity contribution in [2.45, 2.75) is 64.2 Å². The van der Waals surface area contributed by atoms with Crippen LogP contribution in [0.15, 0.2) is 0 Å². The monoisotopic (exact) mass is 274 g/mol. The molecule has 5 nitrogen and oxygen atoms in total. The second-order valence-electron chi connectivity index (χ2n) is 4.67. The number of aliphatic hydroxyl groups is 1. The van der Waals surface area contributed by atoms with Crippen molar-refractivity contribution >= 4 is 11.9 Å². The van der Waals surface area contributed by atoms with Crippen LogP contribution in [0.5, 0.6) is 0 Å². The fourth-order valence-corrected chi connectivity index (χ4v) is 1.75. The predicted molar refractivity (Wildman–Crippen MR) is 71.9 cm³/mol. The molecule has 0 unspecified atom stereocenters. The minimum atomic E-state index is -0.722. The molecule has 0 saturated heterocycles. The molecule has 0 fully saturated rings. The molecule has 0 rings (SSSR count). The highest BCUT2D eigenvalue weighted by Gasteiger charge is 2.02. The molecule has 0 spiro atoms. The second-order valence-corrected chi connectivity index (χ2v) is 4.67. The van der Waals surface area contributed by atoms with E-state index in [1.54, 1.807) is 0 Å². The van der Waals surface area contributed by atoms with Gasteiger partial charge in [0.25, 0.3) is 0 Å². The summed E-state index contributed by atoms with van der Waals surface area (Å²) in [5, 5.41) is 17.0. The topological polar surface area (TPSA) is 83.8 Å². The predicted octanol–water partition coefficient (Wildman–Crippen LogP) is 2.51. The van der Waals surface area contributed by atoms with Crippen molar-refractivity contribution in [3.05, 3.63) is 0 Å². The first-order valence-electron chi connectivity index (χ1n) is 7.15. The zero-order chi connectivity index (χ0) is 14.3. The first-order valence-corrected chi connectivity index (χ1v) is 7.15. The van der Waals surface area contributed by atoms with E-state index in [1.165, 1.54) is 0 Å². The summed E-state index contributed by atoms with van der Waals surface area (Å²) < 4.78 is 4.91. The normalized spacial score (nSPS) is 10.4. The number of carbonyl (C=O) groups is 2. The van der Waals surface area contributed by atoms with Crippen LogP contribution < -0.4 is 0 Å². The molecule has 0 radical (unpaired) electrons. The number of carboxylic acid groups (broad SMARTS) is 1. The highest BCUT2D eigenvalue weighted by Crippen LogP contribution is 2.10. The number of ether oxygens (including phenoxy) is 1. The first-order chi connectivity index (χ1) is 9.16. The molecule has 19 heavy (non-hydrogen) atoms. The van der Waals surface area contributed by atoms with Crippen LogP contribution >= 0.6 is 0 Å². The van der Waals surface area contributed by atoms with Gasteiger partial charge in [-0.15, -0.1) is 0 Å². The first kappa shape index (κ1) is 17.9. The smallest absolute Gasteiger partial charge is 0.305 e. The van der Waals surface area contributed by atoms with Crippen molar-refractivity contribution in [2.75, 3.05) is 13.2 Å². The molecule has 0 amide bonds. The summed E-state index contributed by atoms with van der Waals surface area (Å²) >= 11 is 0. The number of carbonyl (C=O) groups excluding carboxylic acids is 1. The summed E-state index contributed by atoms with van der Waals surface area (Å²) in [6.45, 7) is 0.355. The lowest BCUT2D eigenvalue weighted by Gasteiger charge is -2.03. The number of unbranched alkanes of at least 4 members (excludes halogenated alkanes) is 6. The lowest BCUT2D eigenvalue weighted by Crippen LogP contribution is -2.06. The third-order valence-electron chi connectivity index (χ3n) is 2.84. The molecule has 0 aromatic rings. The van der Waals surface area contributed by atoms with Crippen LogP contribution in [0.3, 0.4) is 0 Å². The van der Waals surface area contributed by atoms with E-state index < -0.39 is 5.97 Å². The number of aliphatic carboxylic acids is 1. The Hall–Kier alpha value is -1.10. The van der Waals surface area contributed by atoms with E-state index in [0.29, 0.717) is 19.4 Å². The lowest BCUT2D eigenvalue weighted by molar-refractivity contribution is -0.144. The Morgan fingerprint density at radius 2 is 1.32 bits per heavy atom. The van der Waals surface area contributed by atoms with Crippen molar-refractivity contribution in [2.24, 2.45) is 0 Å². The molecule has 0 saturated carbocycles. The van der Waals surface area contributed by atoms with Crippen LogP contribution in [0.25, 0.3) is 0 Å². The third-order valence-corrected chi connectivity index (χ3v) is 2.84. The van der Waals surface area contributed by atoms with Gasteiger partial charge in [-0.3, -0.25) is 9.59 Å². The van der Waals surface area contributed by atoms with Crippen LogP contribution in [0.1, 0.15) is 64.2 Å². The van der Waals surface area contributed by atoms with Gasteiger partial charge in [0.1, 0.15) is 0 Å². The lowest BCUT2D eigenvalue weighted by atomic mass is 10.1. The zero-order valence-electron chi connectivity index (χ0n) is 11.6. The van der Waals surface area contributed by atoms with Gasteiger partial charge in [-0.1, -0.05) is 32.1 Å². The van der Waals surface area contributed by atoms with Gasteiger partial charge in [0.2, 0.25) is 0 Å². The van der Waals surface area contributed by atoms with Crippen molar-refractivity contribution < 1.29 is 24.5 Å². The van der Waals surface area contributed by atoms with E-state index >= 15 is 0 Å². The second kappa shape index (κ2) is 13.3. The maximum Gasteiger partial charge on any atom is 0.305 e. The molecule has 5 heteroatoms. The minimum Gasteiger partial charge on any atom is -0.481 e.